The standard InChI is InChI=1S/C40H54O8/c1-3-5-7-9-11-13-15-17-27-45-33-23-19-31(20-24-33)39(43)47-37-29-36(42)38(30-35(37)41)48-40(44)32-21-25-34(26-22-32)46-28-18-16-14-12-10-8-6-4-2/h19-26,29-30,41-42H,3-18,27-28H2,1-2H3. The molecule has 8 heteroatoms. The average Bonchev–Trinajstić information content (AvgIpc) is 3.09. The minimum atomic E-state index is -0.728. The number of carbonyl (C=O) groups is 2. The minimum absolute atomic E-state index is 0.244. The molecule has 0 aliphatic carbocycles. The number of hydrogen-bond acceptors (Lipinski definition) is 8. The highest BCUT2D eigenvalue weighted by Gasteiger charge is 2.18. The molecule has 0 heterocycles. The van der Waals surface area contributed by atoms with Crippen molar-refractivity contribution in [2.24, 2.45) is 0 Å². The first-order valence-corrected chi connectivity index (χ1v) is 17.9. The van der Waals surface area contributed by atoms with Crippen molar-refractivity contribution < 1.29 is 38.7 Å². The normalized spacial score (nSPS) is 10.9. The monoisotopic (exact) mass is 662 g/mol. The van der Waals surface area contributed by atoms with Gasteiger partial charge in [-0.3, -0.25) is 0 Å². The van der Waals surface area contributed by atoms with Crippen molar-refractivity contribution >= 4 is 11.9 Å². The Balaban J connectivity index is 1.40. The van der Waals surface area contributed by atoms with Crippen LogP contribution in [0.25, 0.3) is 0 Å². The van der Waals surface area contributed by atoms with Crippen LogP contribution in [0.5, 0.6) is 34.5 Å². The molecule has 0 saturated carbocycles. The number of hydrogen-bond donors (Lipinski definition) is 2. The number of unbranched alkanes of at least 4 members (excludes halogenated alkanes) is 14. The molecule has 0 bridgehead atoms. The van der Waals surface area contributed by atoms with Crippen molar-refractivity contribution in [1.29, 1.82) is 0 Å². The summed E-state index contributed by atoms with van der Waals surface area (Å²) in [4.78, 5) is 25.4. The number of rotatable bonds is 24. The van der Waals surface area contributed by atoms with Gasteiger partial charge in [-0.25, -0.2) is 9.59 Å². The second-order valence-electron chi connectivity index (χ2n) is 12.3. The Hall–Kier alpha value is -4.20. The van der Waals surface area contributed by atoms with E-state index in [-0.39, 0.29) is 22.6 Å². The van der Waals surface area contributed by atoms with E-state index in [0.29, 0.717) is 24.7 Å². The van der Waals surface area contributed by atoms with Crippen molar-refractivity contribution in [3.8, 4) is 34.5 Å². The van der Waals surface area contributed by atoms with E-state index in [9.17, 15) is 19.8 Å². The summed E-state index contributed by atoms with van der Waals surface area (Å²) in [7, 11) is 0. The zero-order valence-electron chi connectivity index (χ0n) is 28.8. The highest BCUT2D eigenvalue weighted by Crippen LogP contribution is 2.39. The van der Waals surface area contributed by atoms with Gasteiger partial charge in [-0.1, -0.05) is 104 Å². The highest BCUT2D eigenvalue weighted by atomic mass is 16.6. The zero-order valence-corrected chi connectivity index (χ0v) is 28.8. The minimum Gasteiger partial charge on any atom is -0.504 e. The first-order valence-electron chi connectivity index (χ1n) is 17.9. The first kappa shape index (κ1) is 38.2. The Morgan fingerprint density at radius 1 is 0.479 bits per heavy atom. The van der Waals surface area contributed by atoms with E-state index in [0.717, 1.165) is 37.8 Å². The van der Waals surface area contributed by atoms with Gasteiger partial charge < -0.3 is 29.2 Å². The van der Waals surface area contributed by atoms with Crippen LogP contribution in [-0.4, -0.2) is 35.4 Å². The molecule has 0 aliphatic heterocycles. The lowest BCUT2D eigenvalue weighted by Gasteiger charge is -2.11. The lowest BCUT2D eigenvalue weighted by Crippen LogP contribution is -2.10. The number of benzene rings is 3. The van der Waals surface area contributed by atoms with Gasteiger partial charge >= 0.3 is 11.9 Å². The molecule has 0 saturated heterocycles. The molecule has 0 radical (unpaired) electrons. The van der Waals surface area contributed by atoms with Crippen LogP contribution in [0.2, 0.25) is 0 Å². The Bertz CT molecular complexity index is 1250. The van der Waals surface area contributed by atoms with E-state index in [1.165, 1.54) is 77.0 Å². The van der Waals surface area contributed by atoms with Gasteiger partial charge in [-0.15, -0.1) is 0 Å². The lowest BCUT2D eigenvalue weighted by molar-refractivity contribution is 0.0711. The van der Waals surface area contributed by atoms with Gasteiger partial charge in [0.25, 0.3) is 0 Å². The third-order valence-electron chi connectivity index (χ3n) is 8.16. The van der Waals surface area contributed by atoms with Crippen LogP contribution >= 0.6 is 0 Å². The summed E-state index contributed by atoms with van der Waals surface area (Å²) < 4.78 is 22.2. The van der Waals surface area contributed by atoms with E-state index >= 15 is 0 Å². The van der Waals surface area contributed by atoms with Crippen LogP contribution in [-0.2, 0) is 0 Å². The van der Waals surface area contributed by atoms with Crippen LogP contribution in [0, 0.1) is 0 Å². The van der Waals surface area contributed by atoms with Gasteiger partial charge in [0, 0.05) is 12.1 Å². The van der Waals surface area contributed by atoms with E-state index < -0.39 is 23.4 Å². The summed E-state index contributed by atoms with van der Waals surface area (Å²) in [6, 6.07) is 15.1. The SMILES string of the molecule is CCCCCCCCCCOc1ccc(C(=O)Oc2cc(O)c(OC(=O)c3ccc(OCCCCCCCCCC)cc3)cc2O)cc1. The zero-order chi connectivity index (χ0) is 34.4. The van der Waals surface area contributed by atoms with Crippen LogP contribution in [0.4, 0.5) is 0 Å². The van der Waals surface area contributed by atoms with Crippen molar-refractivity contribution in [2.75, 3.05) is 13.2 Å². The number of aromatic hydroxyl groups is 2. The molecule has 0 spiro atoms. The Labute approximate surface area is 286 Å². The molecular weight excluding hydrogens is 608 g/mol. The fraction of sp³-hybridized carbons (Fsp3) is 0.500. The summed E-state index contributed by atoms with van der Waals surface area (Å²) in [5.74, 6) is -1.64. The Kier molecular flexibility index (Phi) is 17.8. The van der Waals surface area contributed by atoms with Crippen LogP contribution in [0.3, 0.4) is 0 Å². The third-order valence-corrected chi connectivity index (χ3v) is 8.16. The van der Waals surface area contributed by atoms with Gasteiger partial charge in [0.15, 0.2) is 23.0 Å². The molecule has 0 aromatic heterocycles. The quantitative estimate of drug-likeness (QED) is 0.0422. The largest absolute Gasteiger partial charge is 0.504 e. The van der Waals surface area contributed by atoms with E-state index in [4.69, 9.17) is 18.9 Å². The number of esters is 2. The second-order valence-corrected chi connectivity index (χ2v) is 12.3. The van der Waals surface area contributed by atoms with Crippen molar-refractivity contribution in [2.45, 2.75) is 117 Å². The molecule has 3 aromatic rings. The average molecular weight is 663 g/mol. The van der Waals surface area contributed by atoms with Gasteiger partial charge in [0.1, 0.15) is 11.5 Å². The molecule has 8 nitrogen and oxygen atoms in total. The summed E-state index contributed by atoms with van der Waals surface area (Å²) >= 11 is 0. The molecule has 0 fully saturated rings. The number of phenolic OH excluding ortho intramolecular Hbond substituents is 2. The molecule has 0 atom stereocenters. The van der Waals surface area contributed by atoms with Gasteiger partial charge in [0.2, 0.25) is 0 Å². The maximum absolute atomic E-state index is 12.7. The van der Waals surface area contributed by atoms with Gasteiger partial charge in [-0.05, 0) is 61.4 Å². The van der Waals surface area contributed by atoms with Crippen molar-refractivity contribution in [1.82, 2.24) is 0 Å². The molecule has 3 aromatic carbocycles. The Morgan fingerprint density at radius 2 is 0.792 bits per heavy atom. The maximum Gasteiger partial charge on any atom is 0.343 e. The fourth-order valence-electron chi connectivity index (χ4n) is 5.25. The van der Waals surface area contributed by atoms with Crippen LogP contribution < -0.4 is 18.9 Å². The fourth-order valence-corrected chi connectivity index (χ4v) is 5.25. The molecule has 0 amide bonds. The van der Waals surface area contributed by atoms with Gasteiger partial charge in [-0.2, -0.15) is 0 Å². The summed E-state index contributed by atoms with van der Waals surface area (Å²) in [6.07, 6.45) is 19.5. The Morgan fingerprint density at radius 3 is 1.12 bits per heavy atom. The summed E-state index contributed by atoms with van der Waals surface area (Å²) in [5.41, 5.74) is 0.489. The molecule has 262 valence electrons. The van der Waals surface area contributed by atoms with Gasteiger partial charge in [0.05, 0.1) is 24.3 Å². The number of phenols is 2. The third kappa shape index (κ3) is 14.3. The van der Waals surface area contributed by atoms with Crippen molar-refractivity contribution in [3.05, 3.63) is 71.8 Å². The number of ether oxygens (including phenoxy) is 4. The van der Waals surface area contributed by atoms with Crippen molar-refractivity contribution in [3.63, 3.8) is 0 Å². The molecule has 0 aliphatic rings. The van der Waals surface area contributed by atoms with E-state index in [2.05, 4.69) is 13.8 Å². The molecular formula is C40H54O8. The molecule has 2 N–H and O–H groups in total. The first-order chi connectivity index (χ1) is 23.4. The summed E-state index contributed by atoms with van der Waals surface area (Å²) in [5, 5.41) is 20.9. The molecule has 48 heavy (non-hydrogen) atoms. The molecule has 0 unspecified atom stereocenters. The maximum atomic E-state index is 12.7. The number of carbonyl (C=O) groups excluding carboxylic acids is 2. The van der Waals surface area contributed by atoms with E-state index in [1.807, 2.05) is 0 Å². The highest BCUT2D eigenvalue weighted by molar-refractivity contribution is 5.92. The molecule has 3 rings (SSSR count). The van der Waals surface area contributed by atoms with E-state index in [1.54, 1.807) is 48.5 Å². The lowest BCUT2D eigenvalue weighted by atomic mass is 10.1. The second kappa shape index (κ2) is 22.4. The topological polar surface area (TPSA) is 112 Å². The predicted molar refractivity (Wildman–Crippen MR) is 189 cm³/mol. The summed E-state index contributed by atoms with van der Waals surface area (Å²) in [6.45, 7) is 5.67. The predicted octanol–water partition coefficient (Wildman–Crippen LogP) is 10.6. The van der Waals surface area contributed by atoms with Crippen LogP contribution in [0.1, 0.15) is 137 Å². The smallest absolute Gasteiger partial charge is 0.343 e. The van der Waals surface area contributed by atoms with Crippen LogP contribution in [0.15, 0.2) is 60.7 Å².